The second-order valence-corrected chi connectivity index (χ2v) is 23.4. The second-order valence-electron chi connectivity index (χ2n) is 23.4. The van der Waals surface area contributed by atoms with Gasteiger partial charge in [-0.25, -0.2) is 4.39 Å². The molecular weight excluding hydrogens is 1010 g/mol. The zero-order chi connectivity index (χ0) is 57.6. The molecule has 20 nitrogen and oxygen atoms in total. The Morgan fingerprint density at radius 1 is 0.949 bits per heavy atom. The average Bonchev–Trinajstić information content (AvgIpc) is 3.89. The van der Waals surface area contributed by atoms with Crippen molar-refractivity contribution in [3.05, 3.63) is 65.7 Å². The summed E-state index contributed by atoms with van der Waals surface area (Å²) in [6.45, 7) is 17.4. The zero-order valence-electron chi connectivity index (χ0n) is 48.4. The number of ether oxygens (including phenoxy) is 7. The molecule has 2 aromatic rings. The summed E-state index contributed by atoms with van der Waals surface area (Å²) in [5.41, 5.74) is 5.60. The number of esters is 1. The minimum Gasteiger partial charge on any atom is -0.459 e. The van der Waals surface area contributed by atoms with Crippen LogP contribution in [0.3, 0.4) is 0 Å². The third kappa shape index (κ3) is 14.6. The molecule has 8 N–H and O–H groups in total. The number of aliphatic hydroxyl groups is 6. The predicted octanol–water partition coefficient (Wildman–Crippen LogP) is 4.11. The highest BCUT2D eigenvalue weighted by Gasteiger charge is 2.53. The first kappa shape index (κ1) is 63.7. The summed E-state index contributed by atoms with van der Waals surface area (Å²) in [4.78, 5) is 22.8. The third-order valence-corrected chi connectivity index (χ3v) is 17.2. The van der Waals surface area contributed by atoms with Gasteiger partial charge < -0.3 is 79.0 Å². The van der Waals surface area contributed by atoms with Gasteiger partial charge in [-0.1, -0.05) is 51.1 Å². The number of carbonyl (C=O) groups excluding carboxylic acids is 1. The summed E-state index contributed by atoms with van der Waals surface area (Å²) in [6, 6.07) is 9.51. The van der Waals surface area contributed by atoms with E-state index in [2.05, 4.69) is 15.9 Å². The number of pyridine rings is 1. The van der Waals surface area contributed by atoms with Gasteiger partial charge in [0.1, 0.15) is 48.8 Å². The number of alkyl halides is 1. The van der Waals surface area contributed by atoms with Crippen LogP contribution in [0.2, 0.25) is 0 Å². The van der Waals surface area contributed by atoms with Crippen molar-refractivity contribution in [3.63, 3.8) is 0 Å². The van der Waals surface area contributed by atoms with Gasteiger partial charge in [0.25, 0.3) is 0 Å². The molecule has 3 fully saturated rings. The molecule has 20 atom stereocenters. The van der Waals surface area contributed by atoms with Gasteiger partial charge in [0.2, 0.25) is 0 Å². The molecule has 0 saturated carbocycles. The van der Waals surface area contributed by atoms with Crippen molar-refractivity contribution < 1.29 is 73.0 Å². The fourth-order valence-corrected chi connectivity index (χ4v) is 12.2. The van der Waals surface area contributed by atoms with Gasteiger partial charge in [-0.15, -0.1) is 5.53 Å². The maximum absolute atomic E-state index is 15.0. The molecule has 5 heterocycles. The lowest BCUT2D eigenvalue weighted by Crippen LogP contribution is -2.61. The van der Waals surface area contributed by atoms with E-state index in [1.165, 1.54) is 14.0 Å². The van der Waals surface area contributed by atoms with E-state index in [-0.39, 0.29) is 31.8 Å². The van der Waals surface area contributed by atoms with Crippen molar-refractivity contribution >= 4 is 5.97 Å². The molecule has 0 spiro atoms. The Hall–Kier alpha value is -3.49. The molecule has 0 unspecified atom stereocenters. The van der Waals surface area contributed by atoms with Crippen LogP contribution in [-0.4, -0.2) is 201 Å². The van der Waals surface area contributed by atoms with Crippen LogP contribution in [0.4, 0.5) is 4.39 Å². The van der Waals surface area contributed by atoms with Gasteiger partial charge >= 0.3 is 5.97 Å². The lowest BCUT2D eigenvalue weighted by atomic mass is 9.77. The average molecular weight is 1110 g/mol. The third-order valence-electron chi connectivity index (χ3n) is 17.2. The maximum atomic E-state index is 15.0. The summed E-state index contributed by atoms with van der Waals surface area (Å²) < 4.78 is 59.3. The number of nitrogens with zero attached hydrogens (tertiary/aromatic N) is 4. The fourth-order valence-electron chi connectivity index (χ4n) is 12.2. The number of methoxy groups -OCH3 is 2. The molecule has 4 aliphatic heterocycles. The number of hydrogen-bond acceptors (Lipinski definition) is 20. The van der Waals surface area contributed by atoms with Crippen LogP contribution in [0.15, 0.2) is 54.5 Å². The van der Waals surface area contributed by atoms with Crippen molar-refractivity contribution in [3.8, 4) is 11.1 Å². The lowest BCUT2D eigenvalue weighted by Gasteiger charge is -2.49. The van der Waals surface area contributed by atoms with Crippen LogP contribution in [0.25, 0.3) is 11.1 Å². The van der Waals surface area contributed by atoms with Crippen LogP contribution < -0.4 is 11.0 Å². The second kappa shape index (κ2) is 27.1. The highest BCUT2D eigenvalue weighted by molar-refractivity contribution is 5.73. The molecule has 1 aromatic carbocycles. The van der Waals surface area contributed by atoms with E-state index >= 15 is 4.39 Å². The highest BCUT2D eigenvalue weighted by atomic mass is 19.1. The Morgan fingerprint density at radius 2 is 1.63 bits per heavy atom. The minimum atomic E-state index is -1.86. The van der Waals surface area contributed by atoms with Crippen LogP contribution in [-0.2, 0) is 44.6 Å². The first-order valence-electron chi connectivity index (χ1n) is 27.8. The van der Waals surface area contributed by atoms with Gasteiger partial charge in [-0.2, -0.15) is 0 Å². The number of likely N-dealkylation sites (N-methyl/N-ethyl adjacent to an activating group) is 2. The van der Waals surface area contributed by atoms with Crippen LogP contribution in [0, 0.1) is 17.8 Å². The molecule has 0 radical (unpaired) electrons. The van der Waals surface area contributed by atoms with Crippen molar-refractivity contribution in [1.29, 1.82) is 0 Å². The van der Waals surface area contributed by atoms with E-state index in [4.69, 9.17) is 33.2 Å². The standard InChI is InChI=1S/C57H93FN6O14/c1-15-45-57(10,71)50(67)36(6)63(12)29-32(2)25-55(8,70)52(34(4)48(35(5)53(69)76-45)77-46-26-56(9,73-14)51(68)37(7)75-46)78-54-47(66)43(24-33(3)74-54)62(11)23-22-41-30-64(61-60-41)44(27-58)49(72-13)39-18-16-38(17-19-39)40-20-21-42(31-65)59-28-40/h16-21,28,30,32-37,43-52,54,60-61,65-68,70-71H,15,22-27,29,31H2,1-14H3/t32-,33-,34+,35-,36-,37+,43+,44-,45-,46+,47-,48+,49-,50-,51+,52-,54+,55-,56-,57-/m1/s1. The quantitative estimate of drug-likeness (QED) is 0.104. The number of aromatic nitrogens is 1. The number of aliphatic hydroxyl groups excluding tert-OH is 4. The number of rotatable bonds is 17. The van der Waals surface area contributed by atoms with Crippen LogP contribution >= 0.6 is 0 Å². The van der Waals surface area contributed by atoms with Crippen molar-refractivity contribution in [2.45, 2.75) is 210 Å². The van der Waals surface area contributed by atoms with E-state index < -0.39 is 127 Å². The number of hydrogen-bond donors (Lipinski definition) is 8. The number of benzene rings is 1. The topological polar surface area (TPSA) is 250 Å². The Balaban J connectivity index is 1.23. The molecule has 0 bridgehead atoms. The molecule has 78 heavy (non-hydrogen) atoms. The maximum Gasteiger partial charge on any atom is 0.311 e. The number of halogens is 1. The van der Waals surface area contributed by atoms with Gasteiger partial charge in [0.15, 0.2) is 12.6 Å². The lowest BCUT2D eigenvalue weighted by molar-refractivity contribution is -0.318. The monoisotopic (exact) mass is 1100 g/mol. The largest absolute Gasteiger partial charge is 0.459 e. The Kier molecular flexibility index (Phi) is 22.1. The van der Waals surface area contributed by atoms with Crippen molar-refractivity contribution in [2.75, 3.05) is 48.1 Å². The first-order chi connectivity index (χ1) is 36.7. The van der Waals surface area contributed by atoms with Gasteiger partial charge in [0.05, 0.1) is 53.8 Å². The van der Waals surface area contributed by atoms with E-state index in [1.54, 1.807) is 72.8 Å². The molecule has 0 aliphatic carbocycles. The van der Waals surface area contributed by atoms with Crippen molar-refractivity contribution in [2.24, 2.45) is 17.8 Å². The minimum absolute atomic E-state index is 0.0827. The van der Waals surface area contributed by atoms with E-state index in [1.807, 2.05) is 74.3 Å². The van der Waals surface area contributed by atoms with Crippen LogP contribution in [0.1, 0.15) is 119 Å². The van der Waals surface area contributed by atoms with E-state index in [0.29, 0.717) is 31.6 Å². The summed E-state index contributed by atoms with van der Waals surface area (Å²) in [5.74, 6) is -2.88. The molecule has 1 aromatic heterocycles. The summed E-state index contributed by atoms with van der Waals surface area (Å²) >= 11 is 0. The number of nitrogens with one attached hydrogen (secondary N) is 2. The van der Waals surface area contributed by atoms with Crippen LogP contribution in [0.5, 0.6) is 0 Å². The molecule has 4 aliphatic rings. The summed E-state index contributed by atoms with van der Waals surface area (Å²) in [6.07, 6.45) is -6.09. The predicted molar refractivity (Wildman–Crippen MR) is 289 cm³/mol. The molecular formula is C57H93FN6O14. The summed E-state index contributed by atoms with van der Waals surface area (Å²) in [5, 5.41) is 71.0. The fraction of sp³-hybridized carbons (Fsp3) is 0.754. The Morgan fingerprint density at radius 3 is 2.23 bits per heavy atom. The number of cyclic esters (lactones) is 1. The molecule has 21 heteroatoms. The SMILES string of the molecule is CC[C@H]1OC(=O)[C@H](C)[C@@H](O[C@H]2C[C@@](C)(OC)[C@@H](O)[C@H](C)O2)[C@H](C)[C@@H](O[C@@H]2O[C@H](C)C[C@H](N(C)CCC3=CN([C@H](CF)[C@H](OC)c4ccc(-c5ccc(CO)nc5)cc4)NN3)[C@H]2O)[C@](C)(O)C[C@@H](C)CN(C)[C@H](C)[C@@H](O)[C@]1(C)O. The zero-order valence-corrected chi connectivity index (χ0v) is 48.4. The first-order valence-corrected chi connectivity index (χ1v) is 27.8. The van der Waals surface area contributed by atoms with Gasteiger partial charge in [0, 0.05) is 81.8 Å². The molecule has 6 rings (SSSR count). The van der Waals surface area contributed by atoms with Gasteiger partial charge in [-0.05, 0) is 105 Å². The van der Waals surface area contributed by atoms with E-state index in [9.17, 15) is 35.4 Å². The smallest absolute Gasteiger partial charge is 0.311 e. The van der Waals surface area contributed by atoms with Crippen molar-refractivity contribution in [1.82, 2.24) is 30.8 Å². The number of hydrazine groups is 2. The molecule has 3 saturated heterocycles. The molecule has 0 amide bonds. The van der Waals surface area contributed by atoms with Gasteiger partial charge in [-0.3, -0.25) is 14.8 Å². The Labute approximate surface area is 461 Å². The molecule has 442 valence electrons. The van der Waals surface area contributed by atoms with E-state index in [0.717, 1.165) is 22.4 Å². The normalized spacial score (nSPS) is 38.7. The summed E-state index contributed by atoms with van der Waals surface area (Å²) in [7, 11) is 6.78. The number of carbonyl (C=O) groups is 1. The Bertz CT molecular complexity index is 2230. The highest BCUT2D eigenvalue weighted by Crippen LogP contribution is 2.41.